The summed E-state index contributed by atoms with van der Waals surface area (Å²) in [6.45, 7) is 3.95. The van der Waals surface area contributed by atoms with Crippen molar-refractivity contribution in [2.45, 2.75) is 104 Å². The second-order valence-corrected chi connectivity index (χ2v) is 5.84. The van der Waals surface area contributed by atoms with Gasteiger partial charge in [-0.25, -0.2) is 0 Å². The third-order valence-corrected chi connectivity index (χ3v) is 3.75. The SMILES string of the molecule is CCCCCCCCCCCCCCC(=O)OC(=O)CC. The number of rotatable bonds is 14. The number of esters is 2. The maximum Gasteiger partial charge on any atom is 0.313 e. The number of hydrogen-bond acceptors (Lipinski definition) is 3. The number of hydrogen-bond donors (Lipinski definition) is 0. The van der Waals surface area contributed by atoms with Crippen LogP contribution in [0.5, 0.6) is 0 Å². The molecule has 0 spiro atoms. The van der Waals surface area contributed by atoms with Crippen LogP contribution in [0, 0.1) is 0 Å². The molecule has 0 radical (unpaired) electrons. The van der Waals surface area contributed by atoms with Crippen molar-refractivity contribution < 1.29 is 14.3 Å². The molecular weight excluding hydrogens is 264 g/mol. The van der Waals surface area contributed by atoms with Gasteiger partial charge in [0.25, 0.3) is 0 Å². The first-order valence-corrected chi connectivity index (χ1v) is 8.94. The lowest BCUT2D eigenvalue weighted by Gasteiger charge is -2.03. The standard InChI is InChI=1S/C18H34O3/c1-3-5-6-7-8-9-10-11-12-13-14-15-16-18(20)21-17(19)4-2/h3-16H2,1-2H3. The summed E-state index contributed by atoms with van der Waals surface area (Å²) >= 11 is 0. The van der Waals surface area contributed by atoms with Crippen LogP contribution in [0.15, 0.2) is 0 Å². The largest absolute Gasteiger partial charge is 0.393 e. The summed E-state index contributed by atoms with van der Waals surface area (Å²) in [4.78, 5) is 22.1. The lowest BCUT2D eigenvalue weighted by atomic mass is 10.0. The smallest absolute Gasteiger partial charge is 0.313 e. The van der Waals surface area contributed by atoms with Crippen LogP contribution in [-0.2, 0) is 14.3 Å². The molecular formula is C18H34O3. The van der Waals surface area contributed by atoms with Gasteiger partial charge in [-0.05, 0) is 6.42 Å². The van der Waals surface area contributed by atoms with Crippen LogP contribution in [0.3, 0.4) is 0 Å². The Labute approximate surface area is 130 Å². The zero-order valence-corrected chi connectivity index (χ0v) is 14.1. The van der Waals surface area contributed by atoms with Gasteiger partial charge >= 0.3 is 11.9 Å². The highest BCUT2D eigenvalue weighted by Crippen LogP contribution is 2.12. The molecule has 0 aliphatic heterocycles. The van der Waals surface area contributed by atoms with Crippen molar-refractivity contribution in [3.63, 3.8) is 0 Å². The summed E-state index contributed by atoms with van der Waals surface area (Å²) < 4.78 is 4.62. The predicted octanol–water partition coefficient (Wildman–Crippen LogP) is 5.56. The topological polar surface area (TPSA) is 43.4 Å². The average molecular weight is 298 g/mol. The average Bonchev–Trinajstić information content (AvgIpc) is 2.48. The van der Waals surface area contributed by atoms with Crippen molar-refractivity contribution in [2.24, 2.45) is 0 Å². The quantitative estimate of drug-likeness (QED) is 0.239. The molecule has 0 unspecified atom stereocenters. The first-order valence-electron chi connectivity index (χ1n) is 8.94. The first-order chi connectivity index (χ1) is 10.2. The summed E-state index contributed by atoms with van der Waals surface area (Å²) in [7, 11) is 0. The fraction of sp³-hybridized carbons (Fsp3) is 0.889. The van der Waals surface area contributed by atoms with Crippen LogP contribution in [0.25, 0.3) is 0 Å². The van der Waals surface area contributed by atoms with Gasteiger partial charge in [0.05, 0.1) is 0 Å². The monoisotopic (exact) mass is 298 g/mol. The van der Waals surface area contributed by atoms with Crippen LogP contribution in [0.4, 0.5) is 0 Å². The summed E-state index contributed by atoms with van der Waals surface area (Å²) in [6, 6.07) is 0. The Bertz CT molecular complexity index is 261. The molecule has 0 fully saturated rings. The van der Waals surface area contributed by atoms with Gasteiger partial charge in [0, 0.05) is 12.8 Å². The zero-order chi connectivity index (χ0) is 15.8. The lowest BCUT2D eigenvalue weighted by molar-refractivity contribution is -0.159. The maximum atomic E-state index is 11.3. The van der Waals surface area contributed by atoms with Crippen molar-refractivity contribution in [1.29, 1.82) is 0 Å². The summed E-state index contributed by atoms with van der Waals surface area (Å²) in [5.74, 6) is -0.784. The minimum absolute atomic E-state index is 0.268. The Morgan fingerprint density at radius 1 is 0.619 bits per heavy atom. The normalized spacial score (nSPS) is 10.6. The van der Waals surface area contributed by atoms with Crippen molar-refractivity contribution >= 4 is 11.9 Å². The fourth-order valence-electron chi connectivity index (χ4n) is 2.36. The fourth-order valence-corrected chi connectivity index (χ4v) is 2.36. The Kier molecular flexibility index (Phi) is 14.9. The van der Waals surface area contributed by atoms with Crippen molar-refractivity contribution in [3.8, 4) is 0 Å². The number of carbonyl (C=O) groups is 2. The maximum absolute atomic E-state index is 11.3. The lowest BCUT2D eigenvalue weighted by Crippen LogP contribution is -2.10. The molecule has 0 heterocycles. The first kappa shape index (κ1) is 20.1. The van der Waals surface area contributed by atoms with Crippen LogP contribution < -0.4 is 0 Å². The van der Waals surface area contributed by atoms with E-state index in [4.69, 9.17) is 0 Å². The molecule has 0 atom stereocenters. The van der Waals surface area contributed by atoms with E-state index in [0.29, 0.717) is 6.42 Å². The van der Waals surface area contributed by atoms with E-state index in [1.165, 1.54) is 64.2 Å². The molecule has 0 aliphatic carbocycles. The Hall–Kier alpha value is -0.860. The number of ether oxygens (including phenoxy) is 1. The van der Waals surface area contributed by atoms with E-state index in [1.807, 2.05) is 0 Å². The van der Waals surface area contributed by atoms with Crippen LogP contribution >= 0.6 is 0 Å². The van der Waals surface area contributed by atoms with E-state index in [0.717, 1.165) is 12.8 Å². The van der Waals surface area contributed by atoms with Crippen molar-refractivity contribution in [1.82, 2.24) is 0 Å². The number of unbranched alkanes of at least 4 members (excludes halogenated alkanes) is 11. The molecule has 0 saturated heterocycles. The molecule has 0 bridgehead atoms. The van der Waals surface area contributed by atoms with E-state index in [1.54, 1.807) is 6.92 Å². The van der Waals surface area contributed by atoms with Gasteiger partial charge in [-0.15, -0.1) is 0 Å². The van der Waals surface area contributed by atoms with Crippen molar-refractivity contribution in [2.75, 3.05) is 0 Å². The molecule has 0 amide bonds. The molecule has 0 rings (SSSR count). The van der Waals surface area contributed by atoms with E-state index in [-0.39, 0.29) is 12.4 Å². The van der Waals surface area contributed by atoms with Gasteiger partial charge in [-0.1, -0.05) is 84.5 Å². The molecule has 0 aromatic rings. The van der Waals surface area contributed by atoms with Gasteiger partial charge in [0.2, 0.25) is 0 Å². The van der Waals surface area contributed by atoms with E-state index in [2.05, 4.69) is 11.7 Å². The van der Waals surface area contributed by atoms with Gasteiger partial charge in [0.1, 0.15) is 0 Å². The predicted molar refractivity (Wildman–Crippen MR) is 87.1 cm³/mol. The molecule has 3 nitrogen and oxygen atoms in total. The molecule has 124 valence electrons. The third kappa shape index (κ3) is 15.3. The highest BCUT2D eigenvalue weighted by Gasteiger charge is 2.07. The second-order valence-electron chi connectivity index (χ2n) is 5.84. The molecule has 0 aromatic carbocycles. The highest BCUT2D eigenvalue weighted by atomic mass is 16.6. The van der Waals surface area contributed by atoms with Crippen LogP contribution in [0.2, 0.25) is 0 Å². The number of carbonyl (C=O) groups excluding carboxylic acids is 2. The minimum Gasteiger partial charge on any atom is -0.393 e. The van der Waals surface area contributed by atoms with E-state index < -0.39 is 5.97 Å². The van der Waals surface area contributed by atoms with E-state index in [9.17, 15) is 9.59 Å². The summed E-state index contributed by atoms with van der Waals surface area (Å²) in [6.07, 6.45) is 15.9. The van der Waals surface area contributed by atoms with Gasteiger partial charge in [-0.2, -0.15) is 0 Å². The molecule has 0 aliphatic rings. The van der Waals surface area contributed by atoms with E-state index >= 15 is 0 Å². The van der Waals surface area contributed by atoms with Crippen LogP contribution in [-0.4, -0.2) is 11.9 Å². The summed E-state index contributed by atoms with van der Waals surface area (Å²) in [5.41, 5.74) is 0. The highest BCUT2D eigenvalue weighted by molar-refractivity contribution is 5.85. The van der Waals surface area contributed by atoms with Crippen molar-refractivity contribution in [3.05, 3.63) is 0 Å². The molecule has 0 saturated carbocycles. The van der Waals surface area contributed by atoms with Gasteiger partial charge < -0.3 is 4.74 Å². The van der Waals surface area contributed by atoms with Gasteiger partial charge in [-0.3, -0.25) is 9.59 Å². The zero-order valence-electron chi connectivity index (χ0n) is 14.1. The molecule has 0 N–H and O–H groups in total. The second kappa shape index (κ2) is 15.5. The molecule has 0 aromatic heterocycles. The molecule has 21 heavy (non-hydrogen) atoms. The van der Waals surface area contributed by atoms with Crippen LogP contribution in [0.1, 0.15) is 104 Å². The summed E-state index contributed by atoms with van der Waals surface area (Å²) in [5, 5.41) is 0. The third-order valence-electron chi connectivity index (χ3n) is 3.75. The Morgan fingerprint density at radius 3 is 1.48 bits per heavy atom. The Morgan fingerprint density at radius 2 is 1.05 bits per heavy atom. The van der Waals surface area contributed by atoms with Gasteiger partial charge in [0.15, 0.2) is 0 Å². The Balaban J connectivity index is 3.15. The molecule has 3 heteroatoms. The minimum atomic E-state index is -0.418.